The fraction of sp³-hybridized carbons (Fsp3) is 0.185. The number of sulfone groups is 1. The molecule has 0 atom stereocenters. The van der Waals surface area contributed by atoms with E-state index in [4.69, 9.17) is 14.7 Å². The number of rotatable bonds is 10. The summed E-state index contributed by atoms with van der Waals surface area (Å²) in [6.07, 6.45) is 0.319. The molecule has 0 saturated carbocycles. The van der Waals surface area contributed by atoms with E-state index in [-0.39, 0.29) is 28.8 Å². The van der Waals surface area contributed by atoms with Crippen LogP contribution in [0.25, 0.3) is 10.8 Å². The van der Waals surface area contributed by atoms with Gasteiger partial charge in [-0.1, -0.05) is 54.1 Å². The number of hydrogen-bond donors (Lipinski definition) is 1. The van der Waals surface area contributed by atoms with E-state index < -0.39 is 20.0 Å². The smallest absolute Gasteiger partial charge is 0.296 e. The van der Waals surface area contributed by atoms with Crippen LogP contribution in [0.15, 0.2) is 94.7 Å². The highest BCUT2D eigenvalue weighted by Crippen LogP contribution is 2.29. The van der Waals surface area contributed by atoms with Gasteiger partial charge in [0.1, 0.15) is 5.75 Å². The van der Waals surface area contributed by atoms with Crippen molar-refractivity contribution in [3.63, 3.8) is 0 Å². The van der Waals surface area contributed by atoms with E-state index in [2.05, 4.69) is 0 Å². The SMILES string of the molecule is Cc1ccc(S(=O)(=O)OCCCOc2ccc(N)c(CS(=O)(=O)c3cccc4ccccc34)c2)cc1. The van der Waals surface area contributed by atoms with Gasteiger partial charge in [-0.25, -0.2) is 8.42 Å². The van der Waals surface area contributed by atoms with Gasteiger partial charge in [-0.15, -0.1) is 0 Å². The number of anilines is 1. The Hall–Kier alpha value is -3.40. The first-order valence-electron chi connectivity index (χ1n) is 11.3. The van der Waals surface area contributed by atoms with Gasteiger partial charge in [0, 0.05) is 17.5 Å². The predicted molar refractivity (Wildman–Crippen MR) is 140 cm³/mol. The zero-order chi connectivity index (χ0) is 25.8. The van der Waals surface area contributed by atoms with Crippen molar-refractivity contribution >= 4 is 36.4 Å². The molecule has 0 aromatic heterocycles. The van der Waals surface area contributed by atoms with Crippen molar-refractivity contribution in [1.29, 1.82) is 0 Å². The third-order valence-corrected chi connectivity index (χ3v) is 8.69. The van der Waals surface area contributed by atoms with E-state index in [0.29, 0.717) is 28.8 Å². The molecular formula is C27H27NO6S2. The molecule has 7 nitrogen and oxygen atoms in total. The number of nitrogen functional groups attached to an aromatic ring is 1. The van der Waals surface area contributed by atoms with Crippen LogP contribution in [0.3, 0.4) is 0 Å². The summed E-state index contributed by atoms with van der Waals surface area (Å²) < 4.78 is 61.8. The molecule has 0 aliphatic heterocycles. The van der Waals surface area contributed by atoms with Gasteiger partial charge in [-0.2, -0.15) is 8.42 Å². The molecule has 0 fully saturated rings. The molecule has 9 heteroatoms. The van der Waals surface area contributed by atoms with Crippen molar-refractivity contribution < 1.29 is 25.8 Å². The van der Waals surface area contributed by atoms with E-state index in [9.17, 15) is 16.8 Å². The fourth-order valence-corrected chi connectivity index (χ4v) is 6.30. The molecule has 36 heavy (non-hydrogen) atoms. The monoisotopic (exact) mass is 525 g/mol. The highest BCUT2D eigenvalue weighted by atomic mass is 32.2. The van der Waals surface area contributed by atoms with Gasteiger partial charge in [-0.05, 0) is 54.3 Å². The molecular weight excluding hydrogens is 498 g/mol. The second-order valence-corrected chi connectivity index (χ2v) is 12.0. The molecule has 4 aromatic rings. The number of aryl methyl sites for hydroxylation is 1. The average Bonchev–Trinajstić information content (AvgIpc) is 2.85. The van der Waals surface area contributed by atoms with Crippen LogP contribution in [0.2, 0.25) is 0 Å². The number of ether oxygens (including phenoxy) is 1. The first-order valence-corrected chi connectivity index (χ1v) is 14.4. The van der Waals surface area contributed by atoms with Gasteiger partial charge in [-0.3, -0.25) is 4.18 Å². The highest BCUT2D eigenvalue weighted by Gasteiger charge is 2.20. The van der Waals surface area contributed by atoms with Gasteiger partial charge >= 0.3 is 0 Å². The van der Waals surface area contributed by atoms with E-state index in [1.54, 1.807) is 54.6 Å². The maximum absolute atomic E-state index is 13.2. The van der Waals surface area contributed by atoms with Crippen molar-refractivity contribution in [1.82, 2.24) is 0 Å². The van der Waals surface area contributed by atoms with Crippen LogP contribution in [0.1, 0.15) is 17.5 Å². The molecule has 0 heterocycles. The van der Waals surface area contributed by atoms with Crippen molar-refractivity contribution in [2.24, 2.45) is 0 Å². The van der Waals surface area contributed by atoms with Crippen molar-refractivity contribution in [2.45, 2.75) is 28.9 Å². The molecule has 0 bridgehead atoms. The third kappa shape index (κ3) is 6.04. The first-order chi connectivity index (χ1) is 17.2. The highest BCUT2D eigenvalue weighted by molar-refractivity contribution is 7.91. The summed E-state index contributed by atoms with van der Waals surface area (Å²) in [6, 6.07) is 23.8. The molecule has 4 rings (SSSR count). The lowest BCUT2D eigenvalue weighted by molar-refractivity contribution is 0.250. The Morgan fingerprint density at radius 3 is 2.31 bits per heavy atom. The number of hydrogen-bond acceptors (Lipinski definition) is 7. The maximum atomic E-state index is 13.2. The Labute approximate surface area is 211 Å². The molecule has 0 radical (unpaired) electrons. The average molecular weight is 526 g/mol. The van der Waals surface area contributed by atoms with Crippen LogP contribution >= 0.6 is 0 Å². The standard InChI is InChI=1S/C27H27NO6S2/c1-20-10-13-24(14-11-20)36(31,32)34-17-5-16-33-23-12-15-26(28)22(18-23)19-35(29,30)27-9-4-7-21-6-2-3-8-25(21)27/h2-4,6-15,18H,5,16-17,19,28H2,1H3. The zero-order valence-corrected chi connectivity index (χ0v) is 21.4. The minimum atomic E-state index is -3.84. The normalized spacial score (nSPS) is 12.0. The van der Waals surface area contributed by atoms with Crippen LogP contribution < -0.4 is 10.5 Å². The van der Waals surface area contributed by atoms with Crippen molar-refractivity contribution in [3.05, 3.63) is 96.1 Å². The minimum absolute atomic E-state index is 0.0481. The minimum Gasteiger partial charge on any atom is -0.493 e. The zero-order valence-electron chi connectivity index (χ0n) is 19.8. The molecule has 0 aliphatic rings. The number of benzene rings is 4. The maximum Gasteiger partial charge on any atom is 0.296 e. The molecule has 188 valence electrons. The van der Waals surface area contributed by atoms with E-state index in [1.807, 2.05) is 25.1 Å². The number of fused-ring (bicyclic) bond motifs is 1. The summed E-state index contributed by atoms with van der Waals surface area (Å²) in [5, 5.41) is 1.50. The Balaban J connectivity index is 1.38. The van der Waals surface area contributed by atoms with E-state index >= 15 is 0 Å². The topological polar surface area (TPSA) is 113 Å². The van der Waals surface area contributed by atoms with Crippen LogP contribution in [0.5, 0.6) is 5.75 Å². The van der Waals surface area contributed by atoms with E-state index in [0.717, 1.165) is 10.9 Å². The number of nitrogens with two attached hydrogens (primary N) is 1. The summed E-state index contributed by atoms with van der Waals surface area (Å²) in [7, 11) is -7.51. The summed E-state index contributed by atoms with van der Waals surface area (Å²) in [4.78, 5) is 0.350. The molecule has 2 N–H and O–H groups in total. The lowest BCUT2D eigenvalue weighted by Crippen LogP contribution is -2.10. The lowest BCUT2D eigenvalue weighted by atomic mass is 10.1. The quantitative estimate of drug-likeness (QED) is 0.178. The largest absolute Gasteiger partial charge is 0.493 e. The summed E-state index contributed by atoms with van der Waals surface area (Å²) in [5.74, 6) is 0.163. The van der Waals surface area contributed by atoms with Gasteiger partial charge in [0.15, 0.2) is 9.84 Å². The molecule has 0 saturated heterocycles. The molecule has 0 amide bonds. The molecule has 0 aliphatic carbocycles. The predicted octanol–water partition coefficient (Wildman–Crippen LogP) is 4.88. The first kappa shape index (κ1) is 25.7. The summed E-state index contributed by atoms with van der Waals surface area (Å²) in [6.45, 7) is 2.01. The fourth-order valence-electron chi connectivity index (χ4n) is 3.74. The van der Waals surface area contributed by atoms with E-state index in [1.165, 1.54) is 12.1 Å². The van der Waals surface area contributed by atoms with Gasteiger partial charge in [0.25, 0.3) is 10.1 Å². The Morgan fingerprint density at radius 1 is 0.806 bits per heavy atom. The van der Waals surface area contributed by atoms with Gasteiger partial charge < -0.3 is 10.5 Å². The summed E-state index contributed by atoms with van der Waals surface area (Å²) in [5.41, 5.74) is 7.80. The molecule has 0 spiro atoms. The van der Waals surface area contributed by atoms with Crippen LogP contribution in [0.4, 0.5) is 5.69 Å². The van der Waals surface area contributed by atoms with Crippen molar-refractivity contribution in [3.8, 4) is 5.75 Å². The van der Waals surface area contributed by atoms with Crippen LogP contribution in [-0.2, 0) is 29.9 Å². The lowest BCUT2D eigenvalue weighted by Gasteiger charge is -2.12. The Morgan fingerprint density at radius 2 is 1.53 bits per heavy atom. The van der Waals surface area contributed by atoms with Crippen LogP contribution in [0, 0.1) is 6.92 Å². The van der Waals surface area contributed by atoms with Crippen molar-refractivity contribution in [2.75, 3.05) is 18.9 Å². The van der Waals surface area contributed by atoms with Gasteiger partial charge in [0.2, 0.25) is 0 Å². The third-order valence-electron chi connectivity index (χ3n) is 5.65. The molecule has 0 unspecified atom stereocenters. The second-order valence-electron chi connectivity index (χ2n) is 8.39. The van der Waals surface area contributed by atoms with Crippen LogP contribution in [-0.4, -0.2) is 30.0 Å². The second kappa shape index (κ2) is 10.7. The Bertz CT molecular complexity index is 1580. The summed E-state index contributed by atoms with van der Waals surface area (Å²) >= 11 is 0. The van der Waals surface area contributed by atoms with Gasteiger partial charge in [0.05, 0.1) is 28.8 Å². The Kier molecular flexibility index (Phi) is 7.63. The molecule has 4 aromatic carbocycles.